The zero-order chi connectivity index (χ0) is 36.5. The van der Waals surface area contributed by atoms with E-state index in [4.69, 9.17) is 43.2 Å². The van der Waals surface area contributed by atoms with Crippen molar-refractivity contribution >= 4 is 41.3 Å². The molecule has 2 aliphatic rings. The van der Waals surface area contributed by atoms with Gasteiger partial charge in [0.25, 0.3) is 5.56 Å². The standard InChI is InChI=1S/C28H40N7O14PS/c1-3-4-7-43-8-9-44-28(40)45-15-51-50(41,49-22-17(11-36)48-26(23(22)42-2)34-6-5-19(38)33-27(34)39)46-12-18-16(37)10-20(47-18)35-14-32-21-24(29)30-13-31-25(21)35/h5-6,13-14,16-18,20,22-23,26,36-37H,3-4,7-12,15H2,1-2H3,(H2,29,30,31)(H,33,38,39)/t16-,17-,18-,20-,22?,23+,26-,50?/m1/s1. The molecule has 5 rings (SSSR count). The van der Waals surface area contributed by atoms with E-state index in [0.29, 0.717) is 29.2 Å². The molecule has 2 saturated heterocycles. The number of methoxy groups -OCH3 is 1. The van der Waals surface area contributed by atoms with E-state index in [2.05, 4.69) is 19.9 Å². The van der Waals surface area contributed by atoms with Gasteiger partial charge in [-0.15, -0.1) is 0 Å². The summed E-state index contributed by atoms with van der Waals surface area (Å²) < 4.78 is 61.5. The third-order valence-corrected chi connectivity index (χ3v) is 11.2. The Morgan fingerprint density at radius 2 is 1.96 bits per heavy atom. The average Bonchev–Trinajstić information content (AvgIpc) is 3.80. The van der Waals surface area contributed by atoms with Crippen molar-refractivity contribution in [3.05, 3.63) is 45.8 Å². The highest BCUT2D eigenvalue weighted by Crippen LogP contribution is 2.63. The molecule has 8 atom stereocenters. The van der Waals surface area contributed by atoms with Gasteiger partial charge in [0.05, 0.1) is 32.3 Å². The number of hydrogen-bond acceptors (Lipinski definition) is 19. The molecule has 2 unspecified atom stereocenters. The minimum absolute atomic E-state index is 0.0700. The summed E-state index contributed by atoms with van der Waals surface area (Å²) in [5.74, 6) is -0.401. The number of carbonyl (C=O) groups excluding carboxylic acids is 1. The van der Waals surface area contributed by atoms with Crippen molar-refractivity contribution in [1.82, 2.24) is 29.1 Å². The first-order chi connectivity index (χ1) is 24.6. The number of nitrogens with two attached hydrogens (primary N) is 1. The molecule has 0 amide bonds. The Morgan fingerprint density at radius 3 is 2.71 bits per heavy atom. The van der Waals surface area contributed by atoms with Crippen LogP contribution in [0.2, 0.25) is 0 Å². The lowest BCUT2D eigenvalue weighted by atomic mass is 10.1. The summed E-state index contributed by atoms with van der Waals surface area (Å²) >= 11 is 0.468. The molecule has 0 aliphatic carbocycles. The number of aromatic nitrogens is 6. The summed E-state index contributed by atoms with van der Waals surface area (Å²) in [6, 6.07) is 1.09. The van der Waals surface area contributed by atoms with Crippen LogP contribution in [0, 0.1) is 0 Å². The summed E-state index contributed by atoms with van der Waals surface area (Å²) in [5, 5.41) is 21.0. The number of H-pyrrole nitrogens is 1. The fourth-order valence-electron chi connectivity index (χ4n) is 5.33. The molecular formula is C28H40N7O14PS. The Morgan fingerprint density at radius 1 is 1.14 bits per heavy atom. The first-order valence-corrected chi connectivity index (χ1v) is 19.0. The van der Waals surface area contributed by atoms with Gasteiger partial charge in [-0.05, 0) is 6.42 Å². The van der Waals surface area contributed by atoms with Crippen LogP contribution in [-0.4, -0.2) is 122 Å². The van der Waals surface area contributed by atoms with E-state index in [0.717, 1.165) is 23.5 Å². The summed E-state index contributed by atoms with van der Waals surface area (Å²) in [6.45, 7) is -2.92. The normalized spacial score (nSPS) is 26.0. The number of nitrogen functional groups attached to an aromatic ring is 1. The number of fused-ring (bicyclic) bond motifs is 1. The lowest BCUT2D eigenvalue weighted by Crippen LogP contribution is -2.39. The molecule has 0 radical (unpaired) electrons. The van der Waals surface area contributed by atoms with E-state index >= 15 is 0 Å². The number of unbranched alkanes of at least 4 members (excludes halogenated alkanes) is 1. The molecule has 2 aliphatic heterocycles. The van der Waals surface area contributed by atoms with E-state index < -0.39 is 86.3 Å². The van der Waals surface area contributed by atoms with Gasteiger partial charge in [0.15, 0.2) is 23.6 Å². The zero-order valence-electron chi connectivity index (χ0n) is 27.7. The van der Waals surface area contributed by atoms with Crippen LogP contribution >= 0.6 is 18.2 Å². The van der Waals surface area contributed by atoms with Gasteiger partial charge >= 0.3 is 18.6 Å². The highest BCUT2D eigenvalue weighted by Gasteiger charge is 2.51. The molecule has 23 heteroatoms. The predicted octanol–water partition coefficient (Wildman–Crippen LogP) is 0.682. The average molecular weight is 762 g/mol. The number of aliphatic hydroxyl groups is 2. The van der Waals surface area contributed by atoms with Crippen LogP contribution in [0.5, 0.6) is 0 Å². The highest BCUT2D eigenvalue weighted by atomic mass is 32.7. The topological polar surface area (TPSA) is 273 Å². The van der Waals surface area contributed by atoms with Crippen LogP contribution < -0.4 is 17.0 Å². The van der Waals surface area contributed by atoms with Crippen molar-refractivity contribution < 1.29 is 57.0 Å². The lowest BCUT2D eigenvalue weighted by molar-refractivity contribution is -0.0625. The summed E-state index contributed by atoms with van der Waals surface area (Å²) in [6.07, 6.45) is -3.06. The first kappa shape index (κ1) is 38.8. The quantitative estimate of drug-likeness (QED) is 0.0600. The van der Waals surface area contributed by atoms with E-state index in [-0.39, 0.29) is 25.5 Å². The van der Waals surface area contributed by atoms with Gasteiger partial charge in [-0.2, -0.15) is 0 Å². The smallest absolute Gasteiger partial charge is 0.432 e. The number of imidazole rings is 1. The molecule has 5 N–H and O–H groups in total. The molecule has 0 saturated carbocycles. The van der Waals surface area contributed by atoms with Crippen molar-refractivity contribution in [2.75, 3.05) is 51.8 Å². The second-order valence-electron chi connectivity index (χ2n) is 11.2. The summed E-state index contributed by atoms with van der Waals surface area (Å²) in [7, 11) is 1.28. The van der Waals surface area contributed by atoms with Crippen molar-refractivity contribution in [2.24, 2.45) is 0 Å². The van der Waals surface area contributed by atoms with Gasteiger partial charge in [-0.1, -0.05) is 13.3 Å². The van der Waals surface area contributed by atoms with E-state index in [1.165, 1.54) is 26.0 Å². The van der Waals surface area contributed by atoms with Crippen molar-refractivity contribution in [1.29, 1.82) is 0 Å². The van der Waals surface area contributed by atoms with E-state index in [1.54, 1.807) is 4.57 Å². The zero-order valence-corrected chi connectivity index (χ0v) is 29.4. The van der Waals surface area contributed by atoms with E-state index in [9.17, 15) is 29.2 Å². The Balaban J connectivity index is 1.29. The predicted molar refractivity (Wildman–Crippen MR) is 176 cm³/mol. The van der Waals surface area contributed by atoms with Crippen LogP contribution in [0.3, 0.4) is 0 Å². The Hall–Kier alpha value is -3.44. The first-order valence-electron chi connectivity index (χ1n) is 15.9. The third kappa shape index (κ3) is 9.52. The second kappa shape index (κ2) is 17.9. The van der Waals surface area contributed by atoms with Crippen LogP contribution in [0.4, 0.5) is 10.6 Å². The number of anilines is 1. The van der Waals surface area contributed by atoms with Crippen LogP contribution in [0.25, 0.3) is 11.2 Å². The highest BCUT2D eigenvalue weighted by molar-refractivity contribution is 8.55. The van der Waals surface area contributed by atoms with Crippen LogP contribution in [0.1, 0.15) is 38.6 Å². The van der Waals surface area contributed by atoms with Gasteiger partial charge in [-0.25, -0.2) is 29.1 Å². The Kier molecular flexibility index (Phi) is 13.6. The van der Waals surface area contributed by atoms with Gasteiger partial charge in [0.2, 0.25) is 0 Å². The molecule has 282 valence electrons. The number of aromatic amines is 1. The maximum atomic E-state index is 14.3. The minimum Gasteiger partial charge on any atom is -0.432 e. The number of carbonyl (C=O) groups is 1. The van der Waals surface area contributed by atoms with Gasteiger partial charge in [-0.3, -0.25) is 28.0 Å². The second-order valence-corrected chi connectivity index (χ2v) is 15.2. The van der Waals surface area contributed by atoms with Crippen molar-refractivity contribution in [3.8, 4) is 0 Å². The molecule has 3 aromatic heterocycles. The van der Waals surface area contributed by atoms with Crippen LogP contribution in [-0.2, 0) is 42.0 Å². The number of ether oxygens (including phenoxy) is 6. The lowest BCUT2D eigenvalue weighted by Gasteiger charge is -2.27. The Labute approximate surface area is 293 Å². The van der Waals surface area contributed by atoms with Gasteiger partial charge in [0.1, 0.15) is 49.1 Å². The van der Waals surface area contributed by atoms with Crippen LogP contribution in [0.15, 0.2) is 34.5 Å². The van der Waals surface area contributed by atoms with Gasteiger partial charge < -0.3 is 44.4 Å². The molecule has 51 heavy (non-hydrogen) atoms. The van der Waals surface area contributed by atoms with E-state index in [1.807, 2.05) is 6.92 Å². The molecule has 21 nitrogen and oxygen atoms in total. The summed E-state index contributed by atoms with van der Waals surface area (Å²) in [5.41, 5.74) is 5.14. The third-order valence-electron chi connectivity index (χ3n) is 7.89. The largest absolute Gasteiger partial charge is 0.509 e. The maximum absolute atomic E-state index is 14.3. The summed E-state index contributed by atoms with van der Waals surface area (Å²) in [4.78, 5) is 50.8. The molecule has 5 heterocycles. The maximum Gasteiger partial charge on any atom is 0.509 e. The molecule has 2 fully saturated rings. The number of hydrogen-bond donors (Lipinski definition) is 4. The number of nitrogens with zero attached hydrogens (tertiary/aromatic N) is 5. The molecule has 0 bridgehead atoms. The van der Waals surface area contributed by atoms with Crippen molar-refractivity contribution in [3.63, 3.8) is 0 Å². The fourth-order valence-corrected chi connectivity index (χ4v) is 8.12. The molecule has 3 aromatic rings. The monoisotopic (exact) mass is 761 g/mol. The number of rotatable bonds is 18. The molecule has 0 spiro atoms. The molecular weight excluding hydrogens is 721 g/mol. The van der Waals surface area contributed by atoms with Gasteiger partial charge in [0, 0.05) is 43.8 Å². The fraction of sp³-hybridized carbons (Fsp3) is 0.643. The number of nitrogens with one attached hydrogen (secondary N) is 1. The number of aliphatic hydroxyl groups excluding tert-OH is 2. The Bertz CT molecular complexity index is 1780. The SMILES string of the molecule is CCCCOCCOC(=O)OCSP(=O)(OC[C@H]1O[C@@H](n2cnc3c(N)ncnc32)C[C@H]1O)OC1[C@@H](CO)O[C@@H](n2ccc(=O)[nH]c2=O)[C@H]1OC. The molecule has 0 aromatic carbocycles. The van der Waals surface area contributed by atoms with Crippen molar-refractivity contribution in [2.45, 2.75) is 69.2 Å². The minimum atomic E-state index is -4.42.